The molecule has 1 N–H and O–H groups in total. The molecule has 0 fully saturated rings. The van der Waals surface area contributed by atoms with Crippen LogP contribution in [0.15, 0.2) is 0 Å². The van der Waals surface area contributed by atoms with E-state index in [4.69, 9.17) is 5.26 Å². The molecular weight excluding hydrogens is 174 g/mol. The third-order valence-corrected chi connectivity index (χ3v) is 2.77. The Labute approximate surface area is 88.1 Å². The molecule has 0 spiro atoms. The van der Waals surface area contributed by atoms with Gasteiger partial charge in [-0.25, -0.2) is 0 Å². The minimum absolute atomic E-state index is 0.391. The lowest BCUT2D eigenvalue weighted by molar-refractivity contribution is 0.223. The normalized spacial score (nSPS) is 17.5. The molecule has 0 radical (unpaired) electrons. The molecule has 0 aromatic rings. The van der Waals surface area contributed by atoms with Gasteiger partial charge in [-0.05, 0) is 40.4 Å². The molecule has 0 aromatic heterocycles. The Morgan fingerprint density at radius 3 is 2.43 bits per heavy atom. The second kappa shape index (κ2) is 6.00. The van der Waals surface area contributed by atoms with E-state index in [0.717, 1.165) is 19.5 Å². The first-order chi connectivity index (χ1) is 6.49. The Balaban J connectivity index is 4.25. The first kappa shape index (κ1) is 13.4. The van der Waals surface area contributed by atoms with E-state index in [1.807, 2.05) is 13.8 Å². The lowest BCUT2D eigenvalue weighted by atomic mass is 9.94. The van der Waals surface area contributed by atoms with E-state index in [1.165, 1.54) is 0 Å². The zero-order valence-electron chi connectivity index (χ0n) is 10.1. The van der Waals surface area contributed by atoms with Crippen LogP contribution in [-0.4, -0.2) is 36.6 Å². The summed E-state index contributed by atoms with van der Waals surface area (Å²) in [6, 6.07) is 2.79. The summed E-state index contributed by atoms with van der Waals surface area (Å²) in [7, 11) is 2.09. The van der Waals surface area contributed by atoms with Gasteiger partial charge in [0, 0.05) is 6.04 Å². The fourth-order valence-electron chi connectivity index (χ4n) is 1.61. The smallest absolute Gasteiger partial charge is 0.105 e. The van der Waals surface area contributed by atoms with Gasteiger partial charge >= 0.3 is 0 Å². The fraction of sp³-hybridized carbons (Fsp3) is 0.909. The van der Waals surface area contributed by atoms with E-state index in [-0.39, 0.29) is 0 Å². The maximum absolute atomic E-state index is 9.09. The molecule has 14 heavy (non-hydrogen) atoms. The molecule has 0 bridgehead atoms. The Hall–Kier alpha value is -0.590. The van der Waals surface area contributed by atoms with E-state index >= 15 is 0 Å². The molecule has 0 aliphatic carbocycles. The number of nitrogens with zero attached hydrogens (tertiary/aromatic N) is 2. The zero-order valence-corrected chi connectivity index (χ0v) is 10.1. The Bertz CT molecular complexity index is 197. The molecule has 82 valence electrons. The van der Waals surface area contributed by atoms with E-state index in [2.05, 4.69) is 37.2 Å². The van der Waals surface area contributed by atoms with Crippen LogP contribution >= 0.6 is 0 Å². The second-order valence-corrected chi connectivity index (χ2v) is 4.10. The summed E-state index contributed by atoms with van der Waals surface area (Å²) in [5.74, 6) is 0. The molecule has 0 aliphatic heterocycles. The quantitative estimate of drug-likeness (QED) is 0.703. The fourth-order valence-corrected chi connectivity index (χ4v) is 1.61. The van der Waals surface area contributed by atoms with Gasteiger partial charge < -0.3 is 4.90 Å². The van der Waals surface area contributed by atoms with Crippen LogP contribution in [0.1, 0.15) is 34.1 Å². The van der Waals surface area contributed by atoms with Crippen LogP contribution in [0.25, 0.3) is 0 Å². The van der Waals surface area contributed by atoms with Crippen molar-refractivity contribution in [2.45, 2.75) is 45.7 Å². The van der Waals surface area contributed by atoms with Gasteiger partial charge in [-0.15, -0.1) is 0 Å². The van der Waals surface area contributed by atoms with Gasteiger partial charge in [-0.3, -0.25) is 5.32 Å². The Kier molecular flexibility index (Phi) is 5.75. The van der Waals surface area contributed by atoms with Gasteiger partial charge in [0.15, 0.2) is 0 Å². The lowest BCUT2D eigenvalue weighted by Gasteiger charge is -2.30. The molecule has 2 unspecified atom stereocenters. The van der Waals surface area contributed by atoms with Gasteiger partial charge in [0.2, 0.25) is 0 Å². The van der Waals surface area contributed by atoms with Crippen molar-refractivity contribution in [3.05, 3.63) is 0 Å². The third-order valence-electron chi connectivity index (χ3n) is 2.77. The molecular formula is C11H23N3. The van der Waals surface area contributed by atoms with Crippen molar-refractivity contribution >= 4 is 0 Å². The predicted molar refractivity (Wildman–Crippen MR) is 60.1 cm³/mol. The van der Waals surface area contributed by atoms with Crippen molar-refractivity contribution in [3.63, 3.8) is 0 Å². The van der Waals surface area contributed by atoms with Crippen molar-refractivity contribution in [1.82, 2.24) is 10.2 Å². The minimum atomic E-state index is -0.391. The first-order valence-electron chi connectivity index (χ1n) is 5.35. The van der Waals surface area contributed by atoms with Gasteiger partial charge in [-0.2, -0.15) is 5.26 Å². The summed E-state index contributed by atoms with van der Waals surface area (Å²) < 4.78 is 0. The van der Waals surface area contributed by atoms with Crippen LogP contribution in [0, 0.1) is 11.3 Å². The largest absolute Gasteiger partial charge is 0.304 e. The van der Waals surface area contributed by atoms with E-state index in [9.17, 15) is 0 Å². The highest BCUT2D eigenvalue weighted by Gasteiger charge is 2.26. The molecule has 0 amide bonds. The highest BCUT2D eigenvalue weighted by atomic mass is 15.1. The number of nitrogens with one attached hydrogen (secondary N) is 1. The summed E-state index contributed by atoms with van der Waals surface area (Å²) in [6.45, 7) is 10.2. The van der Waals surface area contributed by atoms with Crippen LogP contribution < -0.4 is 5.32 Å². The summed E-state index contributed by atoms with van der Waals surface area (Å²) in [6.07, 6.45) is 0.863. The molecule has 2 atom stereocenters. The average Bonchev–Trinajstić information content (AvgIpc) is 2.16. The highest BCUT2D eigenvalue weighted by Crippen LogP contribution is 2.14. The van der Waals surface area contributed by atoms with Crippen molar-refractivity contribution in [1.29, 1.82) is 5.26 Å². The van der Waals surface area contributed by atoms with E-state index < -0.39 is 5.54 Å². The molecule has 3 nitrogen and oxygen atoms in total. The molecule has 0 aliphatic rings. The van der Waals surface area contributed by atoms with Crippen LogP contribution in [0.4, 0.5) is 0 Å². The first-order valence-corrected chi connectivity index (χ1v) is 5.35. The van der Waals surface area contributed by atoms with Crippen LogP contribution in [0.2, 0.25) is 0 Å². The van der Waals surface area contributed by atoms with Crippen molar-refractivity contribution < 1.29 is 0 Å². The maximum Gasteiger partial charge on any atom is 0.105 e. The molecule has 0 rings (SSSR count). The van der Waals surface area contributed by atoms with Crippen molar-refractivity contribution in [2.75, 3.05) is 20.1 Å². The topological polar surface area (TPSA) is 39.1 Å². The standard InChI is InChI=1S/C11H23N3/c1-6-13-11(4,9-12)8-10(3)14(5)7-2/h10,13H,6-8H2,1-5H3. The van der Waals surface area contributed by atoms with Crippen LogP contribution in [0.3, 0.4) is 0 Å². The van der Waals surface area contributed by atoms with Crippen LogP contribution in [-0.2, 0) is 0 Å². The number of nitriles is 1. The zero-order chi connectivity index (χ0) is 11.2. The van der Waals surface area contributed by atoms with Gasteiger partial charge in [0.1, 0.15) is 5.54 Å². The Morgan fingerprint density at radius 1 is 1.50 bits per heavy atom. The van der Waals surface area contributed by atoms with Gasteiger partial charge in [0.05, 0.1) is 6.07 Å². The summed E-state index contributed by atoms with van der Waals surface area (Å²) in [4.78, 5) is 2.26. The van der Waals surface area contributed by atoms with Crippen LogP contribution in [0.5, 0.6) is 0 Å². The van der Waals surface area contributed by atoms with Crippen molar-refractivity contribution in [2.24, 2.45) is 0 Å². The third kappa shape index (κ3) is 4.08. The minimum Gasteiger partial charge on any atom is -0.304 e. The lowest BCUT2D eigenvalue weighted by Crippen LogP contribution is -2.46. The summed E-state index contributed by atoms with van der Waals surface area (Å²) in [5.41, 5.74) is -0.391. The number of rotatable bonds is 6. The predicted octanol–water partition coefficient (Wildman–Crippen LogP) is 1.61. The SMILES string of the molecule is CCNC(C)(C#N)CC(C)N(C)CC. The van der Waals surface area contributed by atoms with Gasteiger partial charge in [0.25, 0.3) is 0 Å². The number of hydrogen-bond acceptors (Lipinski definition) is 3. The number of hydrogen-bond donors (Lipinski definition) is 1. The Morgan fingerprint density at radius 2 is 2.07 bits per heavy atom. The monoisotopic (exact) mass is 197 g/mol. The highest BCUT2D eigenvalue weighted by molar-refractivity contribution is 5.05. The summed E-state index contributed by atoms with van der Waals surface area (Å²) in [5, 5.41) is 12.3. The molecule has 0 aromatic carbocycles. The second-order valence-electron chi connectivity index (χ2n) is 4.10. The molecule has 0 heterocycles. The average molecular weight is 197 g/mol. The van der Waals surface area contributed by atoms with E-state index in [1.54, 1.807) is 0 Å². The molecule has 3 heteroatoms. The molecule has 0 saturated carbocycles. The van der Waals surface area contributed by atoms with E-state index in [0.29, 0.717) is 6.04 Å². The molecule has 0 saturated heterocycles. The van der Waals surface area contributed by atoms with Crippen molar-refractivity contribution in [3.8, 4) is 6.07 Å². The maximum atomic E-state index is 9.09. The summed E-state index contributed by atoms with van der Waals surface area (Å²) >= 11 is 0. The van der Waals surface area contributed by atoms with Gasteiger partial charge in [-0.1, -0.05) is 13.8 Å².